The van der Waals surface area contributed by atoms with E-state index in [0.717, 1.165) is 13.0 Å². The Labute approximate surface area is 94.8 Å². The average molecular weight is 213 g/mol. The third-order valence-corrected chi connectivity index (χ3v) is 2.29. The molecule has 0 spiro atoms. The molecule has 15 heavy (non-hydrogen) atoms. The molecule has 2 heteroatoms. The van der Waals surface area contributed by atoms with Crippen molar-refractivity contribution in [1.82, 2.24) is 5.32 Å². The molecule has 0 rings (SSSR count). The molecule has 0 unspecified atom stereocenters. The van der Waals surface area contributed by atoms with E-state index >= 15 is 0 Å². The Kier molecular flexibility index (Phi) is 7.45. The fourth-order valence-corrected chi connectivity index (χ4v) is 1.50. The Bertz CT molecular complexity index is 170. The minimum atomic E-state index is 0.103. The van der Waals surface area contributed by atoms with Crippen LogP contribution in [0, 0.1) is 5.41 Å². The maximum atomic E-state index is 11.4. The van der Waals surface area contributed by atoms with E-state index in [1.807, 2.05) is 0 Å². The first-order chi connectivity index (χ1) is 6.95. The lowest BCUT2D eigenvalue weighted by molar-refractivity contribution is -0.122. The first kappa shape index (κ1) is 14.5. The van der Waals surface area contributed by atoms with Gasteiger partial charge in [-0.2, -0.15) is 0 Å². The molecule has 0 bridgehead atoms. The molecule has 2 nitrogen and oxygen atoms in total. The normalized spacial score (nSPS) is 11.5. The quantitative estimate of drug-likeness (QED) is 0.644. The Morgan fingerprint density at radius 1 is 1.07 bits per heavy atom. The van der Waals surface area contributed by atoms with E-state index in [9.17, 15) is 4.79 Å². The van der Waals surface area contributed by atoms with E-state index < -0.39 is 0 Å². The summed E-state index contributed by atoms with van der Waals surface area (Å²) in [7, 11) is 0. The van der Waals surface area contributed by atoms with Gasteiger partial charge >= 0.3 is 0 Å². The number of nitrogens with one attached hydrogen (secondary N) is 1. The van der Waals surface area contributed by atoms with Gasteiger partial charge in [-0.15, -0.1) is 0 Å². The van der Waals surface area contributed by atoms with Gasteiger partial charge in [0.2, 0.25) is 5.91 Å². The van der Waals surface area contributed by atoms with Crippen LogP contribution in [0.2, 0.25) is 0 Å². The molecule has 0 atom stereocenters. The summed E-state index contributed by atoms with van der Waals surface area (Å²) in [4.78, 5) is 11.4. The highest BCUT2D eigenvalue weighted by Gasteiger charge is 2.14. The maximum Gasteiger partial charge on any atom is 0.220 e. The second kappa shape index (κ2) is 7.72. The van der Waals surface area contributed by atoms with E-state index in [-0.39, 0.29) is 11.3 Å². The molecule has 0 aliphatic rings. The van der Waals surface area contributed by atoms with Crippen LogP contribution in [0.15, 0.2) is 0 Å². The molecule has 0 aliphatic heterocycles. The van der Waals surface area contributed by atoms with Crippen molar-refractivity contribution in [1.29, 1.82) is 0 Å². The highest BCUT2D eigenvalue weighted by Crippen LogP contribution is 2.17. The Morgan fingerprint density at radius 2 is 1.67 bits per heavy atom. The van der Waals surface area contributed by atoms with Crippen LogP contribution >= 0.6 is 0 Å². The van der Waals surface area contributed by atoms with Crippen LogP contribution in [0.1, 0.15) is 66.2 Å². The van der Waals surface area contributed by atoms with Crippen LogP contribution in [0.5, 0.6) is 0 Å². The lowest BCUT2D eigenvalue weighted by Gasteiger charge is -2.17. The molecular weight excluding hydrogens is 186 g/mol. The zero-order chi connectivity index (χ0) is 11.7. The second-order valence-corrected chi connectivity index (χ2v) is 5.50. The van der Waals surface area contributed by atoms with Crippen molar-refractivity contribution < 1.29 is 4.79 Å². The molecule has 90 valence electrons. The number of hydrogen-bond acceptors (Lipinski definition) is 1. The van der Waals surface area contributed by atoms with E-state index in [4.69, 9.17) is 0 Å². The van der Waals surface area contributed by atoms with Crippen molar-refractivity contribution in [2.45, 2.75) is 66.2 Å². The van der Waals surface area contributed by atoms with Crippen molar-refractivity contribution >= 4 is 5.91 Å². The predicted octanol–water partition coefficient (Wildman–Crippen LogP) is 3.51. The molecule has 0 aromatic rings. The van der Waals surface area contributed by atoms with Crippen LogP contribution in [-0.2, 0) is 4.79 Å². The largest absolute Gasteiger partial charge is 0.356 e. The Balaban J connectivity index is 3.32. The molecule has 1 amide bonds. The van der Waals surface area contributed by atoms with Crippen LogP contribution in [0.25, 0.3) is 0 Å². The number of hydrogen-bond donors (Lipinski definition) is 1. The van der Waals surface area contributed by atoms with Gasteiger partial charge in [-0.1, -0.05) is 53.4 Å². The van der Waals surface area contributed by atoms with Crippen molar-refractivity contribution in [3.05, 3.63) is 0 Å². The highest BCUT2D eigenvalue weighted by molar-refractivity contribution is 5.76. The van der Waals surface area contributed by atoms with Crippen LogP contribution in [-0.4, -0.2) is 12.5 Å². The fourth-order valence-electron chi connectivity index (χ4n) is 1.50. The van der Waals surface area contributed by atoms with Gasteiger partial charge in [0.1, 0.15) is 0 Å². The summed E-state index contributed by atoms with van der Waals surface area (Å²) < 4.78 is 0. The zero-order valence-corrected chi connectivity index (χ0v) is 10.9. The van der Waals surface area contributed by atoms with Gasteiger partial charge in [0, 0.05) is 13.0 Å². The van der Waals surface area contributed by atoms with Crippen molar-refractivity contribution in [2.75, 3.05) is 6.54 Å². The van der Waals surface area contributed by atoms with Gasteiger partial charge in [0.15, 0.2) is 0 Å². The van der Waals surface area contributed by atoms with Crippen molar-refractivity contribution in [2.24, 2.45) is 5.41 Å². The van der Waals surface area contributed by atoms with Crippen molar-refractivity contribution in [3.8, 4) is 0 Å². The highest BCUT2D eigenvalue weighted by atomic mass is 16.1. The van der Waals surface area contributed by atoms with Crippen LogP contribution in [0.3, 0.4) is 0 Å². The fraction of sp³-hybridized carbons (Fsp3) is 0.923. The first-order valence-electron chi connectivity index (χ1n) is 6.22. The van der Waals surface area contributed by atoms with Crippen LogP contribution < -0.4 is 5.32 Å². The first-order valence-corrected chi connectivity index (χ1v) is 6.22. The molecule has 0 aromatic heterocycles. The molecule has 0 saturated carbocycles. The lowest BCUT2D eigenvalue weighted by Crippen LogP contribution is -2.28. The van der Waals surface area contributed by atoms with E-state index in [0.29, 0.717) is 6.42 Å². The summed E-state index contributed by atoms with van der Waals surface area (Å²) in [5, 5.41) is 2.98. The van der Waals surface area contributed by atoms with Gasteiger partial charge in [0.05, 0.1) is 0 Å². The van der Waals surface area contributed by atoms with Gasteiger partial charge in [-0.3, -0.25) is 4.79 Å². The van der Waals surface area contributed by atoms with Crippen LogP contribution in [0.4, 0.5) is 0 Å². The number of unbranched alkanes of at least 4 members (excludes halogenated alkanes) is 4. The summed E-state index contributed by atoms with van der Waals surface area (Å²) in [6, 6.07) is 0. The van der Waals surface area contributed by atoms with E-state index in [2.05, 4.69) is 33.0 Å². The predicted molar refractivity (Wildman–Crippen MR) is 65.8 cm³/mol. The second-order valence-electron chi connectivity index (χ2n) is 5.50. The smallest absolute Gasteiger partial charge is 0.220 e. The number of carbonyl (C=O) groups excluding carboxylic acids is 1. The van der Waals surface area contributed by atoms with Gasteiger partial charge in [-0.05, 0) is 11.8 Å². The Morgan fingerprint density at radius 3 is 2.20 bits per heavy atom. The SMILES string of the molecule is CCCCCCCNC(=O)CC(C)(C)C. The topological polar surface area (TPSA) is 29.1 Å². The van der Waals surface area contributed by atoms with Gasteiger partial charge < -0.3 is 5.32 Å². The summed E-state index contributed by atoms with van der Waals surface area (Å²) in [6.45, 7) is 9.33. The molecule has 1 N–H and O–H groups in total. The summed E-state index contributed by atoms with van der Waals surface area (Å²) in [5.74, 6) is 0.193. The van der Waals surface area contributed by atoms with E-state index in [1.54, 1.807) is 0 Å². The standard InChI is InChI=1S/C13H27NO/c1-5-6-7-8-9-10-14-12(15)11-13(2,3)4/h5-11H2,1-4H3,(H,14,15). The molecule has 0 aliphatic carbocycles. The third-order valence-electron chi connectivity index (χ3n) is 2.29. The number of amides is 1. The lowest BCUT2D eigenvalue weighted by atomic mass is 9.92. The molecule has 0 aromatic carbocycles. The minimum Gasteiger partial charge on any atom is -0.356 e. The zero-order valence-electron chi connectivity index (χ0n) is 10.9. The number of carbonyl (C=O) groups is 1. The number of rotatable bonds is 7. The van der Waals surface area contributed by atoms with Crippen molar-refractivity contribution in [3.63, 3.8) is 0 Å². The molecule has 0 fully saturated rings. The molecule has 0 radical (unpaired) electrons. The Hall–Kier alpha value is -0.530. The minimum absolute atomic E-state index is 0.103. The monoisotopic (exact) mass is 213 g/mol. The third kappa shape index (κ3) is 11.4. The molecule has 0 saturated heterocycles. The summed E-state index contributed by atoms with van der Waals surface area (Å²) in [6.07, 6.45) is 6.87. The van der Waals surface area contributed by atoms with Gasteiger partial charge in [-0.25, -0.2) is 0 Å². The summed E-state index contributed by atoms with van der Waals surface area (Å²) in [5.41, 5.74) is 0.103. The maximum absolute atomic E-state index is 11.4. The molecule has 0 heterocycles. The van der Waals surface area contributed by atoms with E-state index in [1.165, 1.54) is 25.7 Å². The molecular formula is C13H27NO. The van der Waals surface area contributed by atoms with Gasteiger partial charge in [0.25, 0.3) is 0 Å². The summed E-state index contributed by atoms with van der Waals surface area (Å²) >= 11 is 0. The average Bonchev–Trinajstić information content (AvgIpc) is 2.08.